The molecule has 0 aliphatic heterocycles. The summed E-state index contributed by atoms with van der Waals surface area (Å²) in [6, 6.07) is 11.8. The highest BCUT2D eigenvalue weighted by atomic mass is 127. The molecule has 0 spiro atoms. The minimum Gasteiger partial charge on any atom is -0.409 e. The molecule has 0 heterocycles. The van der Waals surface area contributed by atoms with Crippen LogP contribution in [-0.4, -0.2) is 17.0 Å². The Kier molecular flexibility index (Phi) is 5.03. The van der Waals surface area contributed by atoms with Gasteiger partial charge in [-0.1, -0.05) is 28.9 Å². The fourth-order valence-corrected chi connectivity index (χ4v) is 2.48. The predicted octanol–water partition coefficient (Wildman–Crippen LogP) is 3.29. The molecule has 21 heavy (non-hydrogen) atoms. The Morgan fingerprint density at radius 1 is 1.24 bits per heavy atom. The van der Waals surface area contributed by atoms with Gasteiger partial charge in [0.2, 0.25) is 0 Å². The van der Waals surface area contributed by atoms with Crippen LogP contribution in [0.2, 0.25) is 5.02 Å². The molecule has 2 aromatic rings. The molecule has 0 saturated carbocycles. The normalized spacial score (nSPS) is 11.2. The summed E-state index contributed by atoms with van der Waals surface area (Å²) in [6.45, 7) is 0. The molecule has 5 nitrogen and oxygen atoms in total. The number of nitrogens with two attached hydrogens (primary N) is 1. The Morgan fingerprint density at radius 2 is 1.95 bits per heavy atom. The lowest BCUT2D eigenvalue weighted by Gasteiger charge is -2.11. The van der Waals surface area contributed by atoms with Crippen LogP contribution in [0.15, 0.2) is 47.6 Å². The quantitative estimate of drug-likeness (QED) is 0.236. The highest BCUT2D eigenvalue weighted by molar-refractivity contribution is 14.1. The topological polar surface area (TPSA) is 87.7 Å². The molecule has 7 heteroatoms. The highest BCUT2D eigenvalue weighted by Crippen LogP contribution is 2.21. The predicted molar refractivity (Wildman–Crippen MR) is 91.1 cm³/mol. The second-order valence-corrected chi connectivity index (χ2v) is 5.71. The van der Waals surface area contributed by atoms with E-state index in [4.69, 9.17) is 22.5 Å². The first-order valence-electron chi connectivity index (χ1n) is 5.86. The Bertz CT molecular complexity index is 719. The first-order valence-corrected chi connectivity index (χ1v) is 7.32. The van der Waals surface area contributed by atoms with Gasteiger partial charge >= 0.3 is 0 Å². The van der Waals surface area contributed by atoms with Gasteiger partial charge in [0.05, 0.1) is 11.3 Å². The summed E-state index contributed by atoms with van der Waals surface area (Å²) in [5, 5.41) is 14.9. The number of halogens is 2. The SMILES string of the molecule is N/C(=N/O)c1ccccc1NC(=O)c1cc(Cl)ccc1I. The second kappa shape index (κ2) is 6.77. The number of nitrogens with zero attached hydrogens (tertiary/aromatic N) is 1. The van der Waals surface area contributed by atoms with Crippen LogP contribution in [0.25, 0.3) is 0 Å². The number of benzene rings is 2. The molecule has 108 valence electrons. The smallest absolute Gasteiger partial charge is 0.256 e. The Labute approximate surface area is 139 Å². The largest absolute Gasteiger partial charge is 0.409 e. The molecule has 0 aliphatic rings. The van der Waals surface area contributed by atoms with Gasteiger partial charge in [-0.2, -0.15) is 0 Å². The van der Waals surface area contributed by atoms with Crippen molar-refractivity contribution in [2.24, 2.45) is 10.9 Å². The van der Waals surface area contributed by atoms with Crippen molar-refractivity contribution in [1.82, 2.24) is 0 Å². The number of oxime groups is 1. The van der Waals surface area contributed by atoms with Crippen molar-refractivity contribution in [1.29, 1.82) is 0 Å². The second-order valence-electron chi connectivity index (χ2n) is 4.11. The number of hydrogen-bond donors (Lipinski definition) is 3. The molecule has 0 atom stereocenters. The number of amides is 1. The Balaban J connectivity index is 2.34. The van der Waals surface area contributed by atoms with Gasteiger partial charge in [0.25, 0.3) is 5.91 Å². The Hall–Kier alpha value is -1.80. The van der Waals surface area contributed by atoms with Crippen molar-refractivity contribution in [3.8, 4) is 0 Å². The van der Waals surface area contributed by atoms with Crippen molar-refractivity contribution < 1.29 is 10.0 Å². The minimum atomic E-state index is -0.319. The Morgan fingerprint density at radius 3 is 2.67 bits per heavy atom. The van der Waals surface area contributed by atoms with E-state index in [0.717, 1.165) is 3.57 Å². The summed E-state index contributed by atoms with van der Waals surface area (Å²) < 4.78 is 0.774. The zero-order valence-electron chi connectivity index (χ0n) is 10.7. The van der Waals surface area contributed by atoms with E-state index in [1.165, 1.54) is 0 Å². The fraction of sp³-hybridized carbons (Fsp3) is 0. The molecule has 0 aromatic heterocycles. The lowest BCUT2D eigenvalue weighted by Crippen LogP contribution is -2.19. The van der Waals surface area contributed by atoms with Crippen molar-refractivity contribution in [3.05, 3.63) is 62.2 Å². The fourth-order valence-electron chi connectivity index (χ4n) is 1.73. The van der Waals surface area contributed by atoms with E-state index in [9.17, 15) is 4.79 Å². The van der Waals surface area contributed by atoms with Crippen LogP contribution in [0.4, 0.5) is 5.69 Å². The first kappa shape index (κ1) is 15.6. The molecule has 0 radical (unpaired) electrons. The lowest BCUT2D eigenvalue weighted by atomic mass is 10.1. The summed E-state index contributed by atoms with van der Waals surface area (Å²) >= 11 is 7.97. The molecule has 1 amide bonds. The van der Waals surface area contributed by atoms with E-state index < -0.39 is 0 Å². The van der Waals surface area contributed by atoms with Gasteiger partial charge in [0, 0.05) is 14.2 Å². The number of rotatable bonds is 3. The van der Waals surface area contributed by atoms with Crippen molar-refractivity contribution in [2.75, 3.05) is 5.32 Å². The number of carbonyl (C=O) groups excluding carboxylic acids is 1. The van der Waals surface area contributed by atoms with Crippen LogP contribution in [0, 0.1) is 3.57 Å². The average molecular weight is 416 g/mol. The third kappa shape index (κ3) is 3.64. The summed E-state index contributed by atoms with van der Waals surface area (Å²) in [5.74, 6) is -0.396. The van der Waals surface area contributed by atoms with Crippen molar-refractivity contribution in [3.63, 3.8) is 0 Å². The summed E-state index contributed by atoms with van der Waals surface area (Å²) in [5.41, 5.74) is 6.93. The van der Waals surface area contributed by atoms with E-state index in [1.807, 2.05) is 0 Å². The van der Waals surface area contributed by atoms with Gasteiger partial charge in [-0.15, -0.1) is 0 Å². The number of para-hydroxylation sites is 1. The number of hydrogen-bond acceptors (Lipinski definition) is 3. The zero-order valence-corrected chi connectivity index (χ0v) is 13.6. The third-order valence-corrected chi connectivity index (χ3v) is 3.91. The van der Waals surface area contributed by atoms with Crippen LogP contribution in [0.1, 0.15) is 15.9 Å². The summed E-state index contributed by atoms with van der Waals surface area (Å²) in [7, 11) is 0. The molecular weight excluding hydrogens is 405 g/mol. The molecule has 2 aromatic carbocycles. The van der Waals surface area contributed by atoms with Gasteiger partial charge in [-0.3, -0.25) is 4.79 Å². The lowest BCUT2D eigenvalue weighted by molar-refractivity contribution is 0.102. The van der Waals surface area contributed by atoms with Crippen LogP contribution in [0.5, 0.6) is 0 Å². The molecule has 0 saturated heterocycles. The monoisotopic (exact) mass is 415 g/mol. The van der Waals surface area contributed by atoms with Crippen LogP contribution in [-0.2, 0) is 0 Å². The van der Waals surface area contributed by atoms with E-state index in [1.54, 1.807) is 42.5 Å². The number of anilines is 1. The first-order chi connectivity index (χ1) is 10.0. The van der Waals surface area contributed by atoms with Gasteiger partial charge < -0.3 is 16.3 Å². The van der Waals surface area contributed by atoms with E-state index in [2.05, 4.69) is 33.1 Å². The standard InChI is InChI=1S/C14H11ClIN3O2/c15-8-5-6-11(16)10(7-8)14(20)18-12-4-2-1-3-9(12)13(17)19-21/h1-7,21H,(H2,17,19)(H,18,20). The maximum Gasteiger partial charge on any atom is 0.256 e. The molecule has 2 rings (SSSR count). The number of amidine groups is 1. The maximum atomic E-state index is 12.3. The third-order valence-electron chi connectivity index (χ3n) is 2.73. The molecular formula is C14H11ClIN3O2. The number of carbonyl (C=O) groups is 1. The van der Waals surface area contributed by atoms with Gasteiger partial charge in [0.1, 0.15) is 0 Å². The highest BCUT2D eigenvalue weighted by Gasteiger charge is 2.14. The number of nitrogens with one attached hydrogen (secondary N) is 1. The maximum absolute atomic E-state index is 12.3. The molecule has 0 aliphatic carbocycles. The van der Waals surface area contributed by atoms with E-state index in [0.29, 0.717) is 21.8 Å². The molecule has 0 bridgehead atoms. The molecule has 4 N–H and O–H groups in total. The summed E-state index contributed by atoms with van der Waals surface area (Å²) in [6.07, 6.45) is 0. The van der Waals surface area contributed by atoms with E-state index >= 15 is 0 Å². The van der Waals surface area contributed by atoms with Crippen LogP contribution >= 0.6 is 34.2 Å². The van der Waals surface area contributed by atoms with E-state index in [-0.39, 0.29) is 11.7 Å². The van der Waals surface area contributed by atoms with Crippen molar-refractivity contribution in [2.45, 2.75) is 0 Å². The molecule has 0 unspecified atom stereocenters. The zero-order chi connectivity index (χ0) is 15.4. The van der Waals surface area contributed by atoms with Gasteiger partial charge in [-0.25, -0.2) is 0 Å². The average Bonchev–Trinajstić information content (AvgIpc) is 2.49. The van der Waals surface area contributed by atoms with Crippen LogP contribution < -0.4 is 11.1 Å². The molecule has 0 fully saturated rings. The summed E-state index contributed by atoms with van der Waals surface area (Å²) in [4.78, 5) is 12.3. The van der Waals surface area contributed by atoms with Gasteiger partial charge in [-0.05, 0) is 52.9 Å². The van der Waals surface area contributed by atoms with Crippen LogP contribution in [0.3, 0.4) is 0 Å². The van der Waals surface area contributed by atoms with Crippen molar-refractivity contribution >= 4 is 51.6 Å². The minimum absolute atomic E-state index is 0.0771. The van der Waals surface area contributed by atoms with Gasteiger partial charge in [0.15, 0.2) is 5.84 Å².